The molecule has 0 saturated carbocycles. The van der Waals surface area contributed by atoms with Crippen molar-refractivity contribution in [3.63, 3.8) is 0 Å². The molecule has 1 aromatic rings. The highest BCUT2D eigenvalue weighted by Gasteiger charge is 2.16. The van der Waals surface area contributed by atoms with Gasteiger partial charge in [-0.05, 0) is 18.4 Å². The summed E-state index contributed by atoms with van der Waals surface area (Å²) in [6.45, 7) is 2.21. The highest BCUT2D eigenvalue weighted by molar-refractivity contribution is 5.81. The monoisotopic (exact) mass is 255 g/mol. The lowest BCUT2D eigenvalue weighted by molar-refractivity contribution is -0.138. The van der Waals surface area contributed by atoms with Crippen molar-refractivity contribution in [2.45, 2.75) is 38.8 Å². The second-order valence-corrected chi connectivity index (χ2v) is 3.89. The molecule has 1 rings (SSSR count). The molecule has 0 bridgehead atoms. The predicted molar refractivity (Wildman–Crippen MR) is 62.7 cm³/mol. The third-order valence-electron chi connectivity index (χ3n) is 2.56. The van der Waals surface area contributed by atoms with E-state index in [4.69, 9.17) is 5.11 Å². The van der Waals surface area contributed by atoms with Crippen molar-refractivity contribution in [2.24, 2.45) is 0 Å². The lowest BCUT2D eigenvalue weighted by Gasteiger charge is -2.10. The number of carboxylic acids is 1. The molecular weight excluding hydrogens is 238 g/mol. The Morgan fingerprint density at radius 1 is 1.56 bits per heavy atom. The van der Waals surface area contributed by atoms with Gasteiger partial charge in [0.1, 0.15) is 6.10 Å². The Labute approximate surface area is 104 Å². The van der Waals surface area contributed by atoms with Crippen LogP contribution >= 0.6 is 0 Å². The van der Waals surface area contributed by atoms with Gasteiger partial charge in [0, 0.05) is 6.42 Å². The minimum Gasteiger partial charge on any atom is -0.481 e. The van der Waals surface area contributed by atoms with E-state index >= 15 is 0 Å². The average Bonchev–Trinajstić information content (AvgIpc) is 2.80. The maximum Gasteiger partial charge on any atom is 0.303 e. The molecule has 1 heterocycles. The molecule has 4 N–H and O–H groups in total. The number of nitrogens with one attached hydrogen (secondary N) is 2. The van der Waals surface area contributed by atoms with Crippen molar-refractivity contribution >= 4 is 11.9 Å². The third-order valence-corrected chi connectivity index (χ3v) is 2.56. The van der Waals surface area contributed by atoms with E-state index in [1.807, 2.05) is 6.92 Å². The number of aliphatic hydroxyl groups excluding tert-OH is 1. The summed E-state index contributed by atoms with van der Waals surface area (Å²) >= 11 is 0. The summed E-state index contributed by atoms with van der Waals surface area (Å²) < 4.78 is 0. The maximum absolute atomic E-state index is 11.5. The molecule has 1 atom stereocenters. The molecule has 7 heteroatoms. The quantitative estimate of drug-likeness (QED) is 0.539. The van der Waals surface area contributed by atoms with E-state index in [2.05, 4.69) is 15.5 Å². The molecule has 0 spiro atoms. The topological polar surface area (TPSA) is 115 Å². The molecular formula is C11H17N3O4. The van der Waals surface area contributed by atoms with Crippen molar-refractivity contribution in [2.75, 3.05) is 0 Å². The zero-order valence-corrected chi connectivity index (χ0v) is 10.1. The van der Waals surface area contributed by atoms with E-state index < -0.39 is 18.0 Å². The molecule has 1 amide bonds. The molecule has 100 valence electrons. The summed E-state index contributed by atoms with van der Waals surface area (Å²) in [5.41, 5.74) is 1.78. The Morgan fingerprint density at radius 3 is 2.89 bits per heavy atom. The number of hydrogen-bond donors (Lipinski definition) is 4. The fraction of sp³-hybridized carbons (Fsp3) is 0.545. The van der Waals surface area contributed by atoms with E-state index in [9.17, 15) is 14.7 Å². The number of H-pyrrole nitrogens is 1. The van der Waals surface area contributed by atoms with Crippen LogP contribution in [0.25, 0.3) is 0 Å². The molecule has 0 aliphatic rings. The summed E-state index contributed by atoms with van der Waals surface area (Å²) in [5, 5.41) is 27.0. The standard InChI is InChI=1S/C11H17N3O4/c1-2-7-5-13-14-8(7)6-12-11(18)9(15)3-4-10(16)17/h5,9,15H,2-4,6H2,1H3,(H,12,18)(H,13,14)(H,16,17)/t9-/m0/s1. The highest BCUT2D eigenvalue weighted by Crippen LogP contribution is 2.05. The fourth-order valence-electron chi connectivity index (χ4n) is 1.48. The second-order valence-electron chi connectivity index (χ2n) is 3.89. The largest absolute Gasteiger partial charge is 0.481 e. The van der Waals surface area contributed by atoms with Gasteiger partial charge >= 0.3 is 5.97 Å². The van der Waals surface area contributed by atoms with Crippen LogP contribution in [0.2, 0.25) is 0 Å². The molecule has 0 saturated heterocycles. The number of aromatic amines is 1. The molecule has 18 heavy (non-hydrogen) atoms. The van der Waals surface area contributed by atoms with E-state index in [1.54, 1.807) is 6.20 Å². The van der Waals surface area contributed by atoms with Gasteiger partial charge in [-0.15, -0.1) is 0 Å². The molecule has 0 aliphatic carbocycles. The van der Waals surface area contributed by atoms with Crippen LogP contribution in [0.1, 0.15) is 31.0 Å². The van der Waals surface area contributed by atoms with Crippen molar-refractivity contribution in [3.8, 4) is 0 Å². The summed E-state index contributed by atoms with van der Waals surface area (Å²) in [7, 11) is 0. The molecule has 0 radical (unpaired) electrons. The summed E-state index contributed by atoms with van der Waals surface area (Å²) in [5.74, 6) is -1.61. The summed E-state index contributed by atoms with van der Waals surface area (Å²) in [6, 6.07) is 0. The van der Waals surface area contributed by atoms with Crippen LogP contribution in [0.5, 0.6) is 0 Å². The Morgan fingerprint density at radius 2 is 2.28 bits per heavy atom. The number of carbonyl (C=O) groups excluding carboxylic acids is 1. The summed E-state index contributed by atoms with van der Waals surface area (Å²) in [6.07, 6.45) is 0.851. The fourth-order valence-corrected chi connectivity index (χ4v) is 1.48. The minimum absolute atomic E-state index is 0.0925. The number of aliphatic carboxylic acids is 1. The number of nitrogens with zero attached hydrogens (tertiary/aromatic N) is 1. The van der Waals surface area contributed by atoms with Gasteiger partial charge in [0.05, 0.1) is 18.4 Å². The number of rotatable bonds is 7. The van der Waals surface area contributed by atoms with Crippen molar-refractivity contribution in [1.82, 2.24) is 15.5 Å². The number of aryl methyl sites for hydroxylation is 1. The van der Waals surface area contributed by atoms with E-state index in [1.165, 1.54) is 0 Å². The minimum atomic E-state index is -1.30. The first kappa shape index (κ1) is 14.2. The molecule has 0 unspecified atom stereocenters. The van der Waals surface area contributed by atoms with Gasteiger partial charge in [-0.2, -0.15) is 5.10 Å². The molecule has 7 nitrogen and oxygen atoms in total. The molecule has 1 aromatic heterocycles. The SMILES string of the molecule is CCc1cn[nH]c1CNC(=O)[C@@H](O)CCC(=O)O. The van der Waals surface area contributed by atoms with Gasteiger partial charge in [0.2, 0.25) is 5.91 Å². The second kappa shape index (κ2) is 6.75. The number of carboxylic acid groups (broad SMARTS) is 1. The normalized spacial score (nSPS) is 12.1. The van der Waals surface area contributed by atoms with Crippen LogP contribution in [-0.2, 0) is 22.6 Å². The zero-order valence-electron chi connectivity index (χ0n) is 10.1. The van der Waals surface area contributed by atoms with Gasteiger partial charge in [-0.25, -0.2) is 0 Å². The van der Waals surface area contributed by atoms with E-state index in [-0.39, 0.29) is 19.4 Å². The van der Waals surface area contributed by atoms with Gasteiger partial charge in [0.15, 0.2) is 0 Å². The Hall–Kier alpha value is -1.89. The number of carbonyl (C=O) groups is 2. The molecule has 0 aromatic carbocycles. The number of aromatic nitrogens is 2. The van der Waals surface area contributed by atoms with Crippen LogP contribution in [-0.4, -0.2) is 38.4 Å². The Bertz CT molecular complexity index is 416. The van der Waals surface area contributed by atoms with Crippen LogP contribution in [0, 0.1) is 0 Å². The summed E-state index contributed by atoms with van der Waals surface area (Å²) in [4.78, 5) is 21.8. The van der Waals surface area contributed by atoms with E-state index in [0.717, 1.165) is 17.7 Å². The first-order valence-electron chi connectivity index (χ1n) is 5.73. The third kappa shape index (κ3) is 4.17. The van der Waals surface area contributed by atoms with Gasteiger partial charge < -0.3 is 15.5 Å². The van der Waals surface area contributed by atoms with Gasteiger partial charge in [-0.1, -0.05) is 6.92 Å². The van der Waals surface area contributed by atoms with Crippen LogP contribution in [0.4, 0.5) is 0 Å². The van der Waals surface area contributed by atoms with Crippen molar-refractivity contribution in [3.05, 3.63) is 17.5 Å². The van der Waals surface area contributed by atoms with Crippen molar-refractivity contribution in [1.29, 1.82) is 0 Å². The maximum atomic E-state index is 11.5. The van der Waals surface area contributed by atoms with Crippen molar-refractivity contribution < 1.29 is 19.8 Å². The average molecular weight is 255 g/mol. The number of aliphatic hydroxyl groups is 1. The Kier molecular flexibility index (Phi) is 5.31. The van der Waals surface area contributed by atoms with Crippen LogP contribution in [0.3, 0.4) is 0 Å². The Balaban J connectivity index is 2.38. The van der Waals surface area contributed by atoms with Gasteiger partial charge in [-0.3, -0.25) is 14.7 Å². The molecule has 0 fully saturated rings. The first-order chi connectivity index (χ1) is 8.54. The van der Waals surface area contributed by atoms with Gasteiger partial charge in [0.25, 0.3) is 0 Å². The smallest absolute Gasteiger partial charge is 0.303 e. The van der Waals surface area contributed by atoms with E-state index in [0.29, 0.717) is 0 Å². The lowest BCUT2D eigenvalue weighted by Crippen LogP contribution is -2.34. The highest BCUT2D eigenvalue weighted by atomic mass is 16.4. The predicted octanol–water partition coefficient (Wildman–Crippen LogP) is -0.186. The van der Waals surface area contributed by atoms with Crippen LogP contribution < -0.4 is 5.32 Å². The first-order valence-corrected chi connectivity index (χ1v) is 5.73. The number of hydrogen-bond acceptors (Lipinski definition) is 4. The number of amides is 1. The van der Waals surface area contributed by atoms with Crippen LogP contribution in [0.15, 0.2) is 6.20 Å². The lowest BCUT2D eigenvalue weighted by atomic mass is 10.1. The zero-order chi connectivity index (χ0) is 13.5. The molecule has 0 aliphatic heterocycles.